The first-order chi connectivity index (χ1) is 40.5. The van der Waals surface area contributed by atoms with Crippen LogP contribution < -0.4 is 31.3 Å². The Balaban J connectivity index is 0.666. The molecule has 0 unspecified atom stereocenters. The van der Waals surface area contributed by atoms with Crippen LogP contribution in [0.5, 0.6) is 5.75 Å². The van der Waals surface area contributed by atoms with E-state index in [9.17, 15) is 28.7 Å². The highest BCUT2D eigenvalue weighted by atomic mass is 35.5. The number of carbonyl (C=O) groups is 4. The van der Waals surface area contributed by atoms with E-state index in [0.29, 0.717) is 109 Å². The number of carbonyl (C=O) groups excluding carboxylic acids is 4. The third-order valence-corrected chi connectivity index (χ3v) is 16.6. The highest BCUT2D eigenvalue weighted by Crippen LogP contribution is 2.42. The molecule has 2 aromatic carbocycles. The van der Waals surface area contributed by atoms with Crippen molar-refractivity contribution in [3.05, 3.63) is 117 Å². The third-order valence-electron chi connectivity index (χ3n) is 14.7. The SMILES string of the molecule is Cc1ncsc1-c1ccc(CNC(=O)[C@@H]2C[C@@H](O)CN2C(=O)[C@@H](NC(=O)CCCNCCn2cc(COCCOCCOCCNC(=O)[C@]3(Cc4cccc(Nc5nccs5)n4)CC[C@@H](Oc4cccc(Cl)c4F)CC3)nn2)C(C)(C)C)cc1. The lowest BCUT2D eigenvalue weighted by Crippen LogP contribution is -2.57. The summed E-state index contributed by atoms with van der Waals surface area (Å²) in [5.74, 6) is -0.996. The second-order valence-electron chi connectivity index (χ2n) is 22.1. The lowest BCUT2D eigenvalue weighted by molar-refractivity contribution is -0.144. The van der Waals surface area contributed by atoms with E-state index in [1.807, 2.05) is 87.2 Å². The van der Waals surface area contributed by atoms with Crippen LogP contribution in [-0.4, -0.2) is 147 Å². The molecule has 2 aliphatic rings. The average molecular weight is 1220 g/mol. The predicted molar refractivity (Wildman–Crippen MR) is 318 cm³/mol. The summed E-state index contributed by atoms with van der Waals surface area (Å²) in [6, 6.07) is 16.5. The number of hydrogen-bond donors (Lipinski definition) is 6. The van der Waals surface area contributed by atoms with Crippen LogP contribution in [0.1, 0.15) is 88.4 Å². The Hall–Kier alpha value is -6.51. The number of aliphatic hydroxyl groups excluding tert-OH is 1. The van der Waals surface area contributed by atoms with Crippen LogP contribution in [0.3, 0.4) is 0 Å². The Morgan fingerprint density at radius 2 is 1.67 bits per heavy atom. The minimum absolute atomic E-state index is 0.000449. The molecular weight excluding hydrogens is 1140 g/mol. The maximum Gasteiger partial charge on any atom is 0.246 e. The quantitative estimate of drug-likeness (QED) is 0.0235. The number of β-amino-alcohol motifs (C(OH)–C–C–N with tert-alkyl or cyclic N) is 1. The fraction of sp³-hybridized carbons (Fsp3) is 0.508. The molecule has 3 atom stereocenters. The number of anilines is 2. The van der Waals surface area contributed by atoms with Gasteiger partial charge in [-0.3, -0.25) is 23.9 Å². The van der Waals surface area contributed by atoms with E-state index in [1.54, 1.807) is 34.3 Å². The molecule has 0 radical (unpaired) electrons. The van der Waals surface area contributed by atoms with Crippen molar-refractivity contribution in [1.29, 1.82) is 0 Å². The predicted octanol–water partition coefficient (Wildman–Crippen LogP) is 7.19. The molecule has 0 spiro atoms. The number of amides is 4. The van der Waals surface area contributed by atoms with Gasteiger partial charge in [0.05, 0.1) is 91.1 Å². The first kappa shape index (κ1) is 63.5. The van der Waals surface area contributed by atoms with Crippen molar-refractivity contribution in [2.75, 3.05) is 64.5 Å². The molecule has 8 rings (SSSR count). The summed E-state index contributed by atoms with van der Waals surface area (Å²) in [6.45, 7) is 11.7. The number of aliphatic hydroxyl groups is 1. The molecule has 6 aromatic rings. The van der Waals surface area contributed by atoms with Gasteiger partial charge < -0.3 is 55.5 Å². The minimum Gasteiger partial charge on any atom is -0.487 e. The van der Waals surface area contributed by atoms with Crippen LogP contribution >= 0.6 is 34.3 Å². The van der Waals surface area contributed by atoms with Gasteiger partial charge in [0.15, 0.2) is 16.7 Å². The lowest BCUT2D eigenvalue weighted by Gasteiger charge is -2.39. The van der Waals surface area contributed by atoms with Crippen molar-refractivity contribution in [2.24, 2.45) is 10.8 Å². The van der Waals surface area contributed by atoms with Crippen LogP contribution in [-0.2, 0) is 59.5 Å². The van der Waals surface area contributed by atoms with Gasteiger partial charge in [-0.2, -0.15) is 0 Å². The highest BCUT2D eigenvalue weighted by Gasteiger charge is 2.45. The van der Waals surface area contributed by atoms with Gasteiger partial charge in [0.2, 0.25) is 23.6 Å². The number of thiazole rings is 2. The third kappa shape index (κ3) is 18.5. The van der Waals surface area contributed by atoms with E-state index in [4.69, 9.17) is 35.5 Å². The second-order valence-corrected chi connectivity index (χ2v) is 24.3. The number of nitrogens with one attached hydrogen (secondary N) is 5. The van der Waals surface area contributed by atoms with Crippen LogP contribution in [0.25, 0.3) is 10.4 Å². The maximum absolute atomic E-state index is 14.7. The lowest BCUT2D eigenvalue weighted by atomic mass is 9.69. The van der Waals surface area contributed by atoms with Gasteiger partial charge in [0, 0.05) is 62.7 Å². The number of halogens is 2. The van der Waals surface area contributed by atoms with Gasteiger partial charge in [-0.05, 0) is 86.4 Å². The molecule has 5 heterocycles. The number of nitrogens with zero attached hydrogens (tertiary/aromatic N) is 7. The number of ether oxygens (including phenoxy) is 4. The number of benzene rings is 2. The Kier molecular flexibility index (Phi) is 23.5. The summed E-state index contributed by atoms with van der Waals surface area (Å²) in [6.07, 6.45) is 5.72. The Bertz CT molecular complexity index is 3060. The van der Waals surface area contributed by atoms with Crippen molar-refractivity contribution in [2.45, 2.75) is 123 Å². The maximum atomic E-state index is 14.7. The fourth-order valence-corrected chi connectivity index (χ4v) is 11.7. The molecule has 4 amide bonds. The van der Waals surface area contributed by atoms with Crippen LogP contribution in [0, 0.1) is 23.6 Å². The standard InChI is InChI=1S/C59H76ClFN12O9S2/c1-39-52(84-38-66-39)41-15-13-40(14-16-41)34-65-54(76)47-32-44(74)36-73(47)55(77)53(58(2,3)4)69-50(75)12-7-21-62-22-25-72-35-43(70-71-72)37-81-30-29-80-28-27-79-26-23-63-56(78)59(33-42-8-5-11-49(67-42)68-57-64-24-31-83-57)19-17-45(18-20-59)82-48-10-6-9-46(60)51(48)61/h5-6,8-11,13-16,24,31,35,38,44-45,47,53,62,74H,7,12,17-23,25-30,32-34,36-37H2,1-4H3,(H,63,78)(H,65,76)(H,69,75)(H,64,67,68)/t44-,45-,47+,53-,59-/m1/s1. The molecule has 2 fully saturated rings. The Morgan fingerprint density at radius 3 is 2.40 bits per heavy atom. The molecular formula is C59H76ClFN12O9S2. The molecule has 1 aliphatic carbocycles. The summed E-state index contributed by atoms with van der Waals surface area (Å²) in [7, 11) is 0. The first-order valence-corrected chi connectivity index (χ1v) is 30.6. The zero-order valence-electron chi connectivity index (χ0n) is 48.0. The number of aromatic nitrogens is 6. The monoisotopic (exact) mass is 1210 g/mol. The summed E-state index contributed by atoms with van der Waals surface area (Å²) < 4.78 is 39.6. The van der Waals surface area contributed by atoms with Gasteiger partial charge in [-0.1, -0.05) is 74.0 Å². The van der Waals surface area contributed by atoms with E-state index in [-0.39, 0.29) is 67.1 Å². The average Bonchev–Trinajstić information content (AvgIpc) is 3.03. The molecule has 6 N–H and O–H groups in total. The van der Waals surface area contributed by atoms with Crippen molar-refractivity contribution in [3.63, 3.8) is 0 Å². The first-order valence-electron chi connectivity index (χ1n) is 28.4. The molecule has 25 heteroatoms. The van der Waals surface area contributed by atoms with Crippen molar-refractivity contribution in [1.82, 2.24) is 56.1 Å². The number of rotatable bonds is 31. The van der Waals surface area contributed by atoms with Crippen LogP contribution in [0.2, 0.25) is 5.02 Å². The molecule has 1 saturated heterocycles. The normalized spacial score (nSPS) is 18.3. The second kappa shape index (κ2) is 31.0. The van der Waals surface area contributed by atoms with Crippen molar-refractivity contribution < 1.29 is 47.6 Å². The Morgan fingerprint density at radius 1 is 0.905 bits per heavy atom. The van der Waals surface area contributed by atoms with Crippen molar-refractivity contribution in [3.8, 4) is 16.2 Å². The van der Waals surface area contributed by atoms with Crippen LogP contribution in [0.4, 0.5) is 15.3 Å². The smallest absolute Gasteiger partial charge is 0.246 e. The topological polar surface area (TPSA) is 258 Å². The fourth-order valence-electron chi connectivity index (χ4n) is 10.2. The highest BCUT2D eigenvalue weighted by molar-refractivity contribution is 7.13. The van der Waals surface area contributed by atoms with Crippen LogP contribution in [0.15, 0.2) is 83.9 Å². The van der Waals surface area contributed by atoms with Gasteiger partial charge in [-0.25, -0.2) is 19.3 Å². The summed E-state index contributed by atoms with van der Waals surface area (Å²) in [5.41, 5.74) is 4.72. The number of pyridine rings is 1. The summed E-state index contributed by atoms with van der Waals surface area (Å²) >= 11 is 9.04. The van der Waals surface area contributed by atoms with E-state index in [1.165, 1.54) is 22.3 Å². The van der Waals surface area contributed by atoms with E-state index in [0.717, 1.165) is 32.5 Å². The molecule has 84 heavy (non-hydrogen) atoms. The van der Waals surface area contributed by atoms with E-state index >= 15 is 0 Å². The Labute approximate surface area is 502 Å². The minimum atomic E-state index is -0.908. The molecule has 452 valence electrons. The van der Waals surface area contributed by atoms with Crippen molar-refractivity contribution >= 4 is 68.9 Å². The number of likely N-dealkylation sites (tertiary alicyclic amines) is 1. The van der Waals surface area contributed by atoms with Gasteiger partial charge in [0.25, 0.3) is 0 Å². The largest absolute Gasteiger partial charge is 0.487 e. The molecule has 4 aromatic heterocycles. The molecule has 1 aliphatic heterocycles. The summed E-state index contributed by atoms with van der Waals surface area (Å²) in [5, 5.41) is 37.1. The van der Waals surface area contributed by atoms with E-state index in [2.05, 4.69) is 46.9 Å². The number of aryl methyl sites for hydroxylation is 1. The molecule has 1 saturated carbocycles. The van der Waals surface area contributed by atoms with E-state index < -0.39 is 40.7 Å². The van der Waals surface area contributed by atoms with Gasteiger partial charge in [0.1, 0.15) is 23.6 Å². The summed E-state index contributed by atoms with van der Waals surface area (Å²) in [4.78, 5) is 70.7. The van der Waals surface area contributed by atoms with Gasteiger partial charge >= 0.3 is 0 Å². The van der Waals surface area contributed by atoms with Gasteiger partial charge in [-0.15, -0.1) is 27.8 Å². The zero-order chi connectivity index (χ0) is 59.5. The molecule has 0 bridgehead atoms. The number of hydrogen-bond acceptors (Lipinski definition) is 18. The molecule has 21 nitrogen and oxygen atoms in total. The zero-order valence-corrected chi connectivity index (χ0v) is 50.3.